The van der Waals surface area contributed by atoms with Crippen LogP contribution in [0.15, 0.2) is 24.3 Å². The van der Waals surface area contributed by atoms with Crippen molar-refractivity contribution in [1.82, 2.24) is 0 Å². The lowest BCUT2D eigenvalue weighted by Gasteiger charge is -2.16. The van der Waals surface area contributed by atoms with Gasteiger partial charge in [0.1, 0.15) is 0 Å². The van der Waals surface area contributed by atoms with Gasteiger partial charge in [-0.05, 0) is 24.5 Å². The molecule has 1 unspecified atom stereocenters. The molecule has 1 aliphatic heterocycles. The van der Waals surface area contributed by atoms with Gasteiger partial charge in [0.25, 0.3) is 0 Å². The molecular weight excluding hydrogens is 160 g/mol. The third-order valence-corrected chi connectivity index (χ3v) is 2.65. The summed E-state index contributed by atoms with van der Waals surface area (Å²) in [5.74, 6) is 0. The fourth-order valence-corrected chi connectivity index (χ4v) is 1.92. The van der Waals surface area contributed by atoms with E-state index in [-0.39, 0.29) is 0 Å². The molecule has 0 amide bonds. The van der Waals surface area contributed by atoms with Crippen LogP contribution in [-0.2, 0) is 6.42 Å². The normalized spacial score (nSPS) is 19.7. The summed E-state index contributed by atoms with van der Waals surface area (Å²) in [5, 5.41) is 8.99. The lowest BCUT2D eigenvalue weighted by atomic mass is 10.1. The number of benzene rings is 1. The van der Waals surface area contributed by atoms with Crippen LogP contribution in [0, 0.1) is 11.5 Å². The predicted octanol–water partition coefficient (Wildman–Crippen LogP) is 2.31. The molecule has 0 radical (unpaired) electrons. The average molecular weight is 172 g/mol. The second-order valence-corrected chi connectivity index (χ2v) is 3.36. The van der Waals surface area contributed by atoms with E-state index in [0.717, 1.165) is 18.5 Å². The molecule has 0 aromatic heterocycles. The summed E-state index contributed by atoms with van der Waals surface area (Å²) in [6, 6.07) is 8.53. The summed E-state index contributed by atoms with van der Waals surface area (Å²) in [5.41, 5.74) is 2.40. The first-order valence-corrected chi connectivity index (χ1v) is 4.63. The molecule has 2 nitrogen and oxygen atoms in total. The first-order chi connectivity index (χ1) is 6.36. The molecule has 1 heterocycles. The number of rotatable bonds is 1. The van der Waals surface area contributed by atoms with Crippen LogP contribution in [0.25, 0.3) is 0 Å². The molecule has 0 N–H and O–H groups in total. The SMILES string of the molecule is CCC1Cc2ccccc2N1C#N. The number of hydrogen-bond acceptors (Lipinski definition) is 2. The van der Waals surface area contributed by atoms with E-state index in [1.807, 2.05) is 23.1 Å². The van der Waals surface area contributed by atoms with E-state index >= 15 is 0 Å². The topological polar surface area (TPSA) is 27.0 Å². The molecule has 1 aliphatic rings. The van der Waals surface area contributed by atoms with Gasteiger partial charge in [0.15, 0.2) is 6.19 Å². The Kier molecular flexibility index (Phi) is 1.94. The van der Waals surface area contributed by atoms with E-state index in [9.17, 15) is 0 Å². The van der Waals surface area contributed by atoms with Crippen molar-refractivity contribution in [1.29, 1.82) is 5.26 Å². The molecule has 0 fully saturated rings. The number of anilines is 1. The smallest absolute Gasteiger partial charge is 0.184 e. The highest BCUT2D eigenvalue weighted by molar-refractivity contribution is 5.62. The van der Waals surface area contributed by atoms with Gasteiger partial charge in [0.05, 0.1) is 5.69 Å². The number of para-hydroxylation sites is 1. The maximum atomic E-state index is 8.99. The second-order valence-electron chi connectivity index (χ2n) is 3.36. The quantitative estimate of drug-likeness (QED) is 0.608. The molecule has 1 aromatic rings. The van der Waals surface area contributed by atoms with Gasteiger partial charge in [0.2, 0.25) is 0 Å². The fraction of sp³-hybridized carbons (Fsp3) is 0.364. The van der Waals surface area contributed by atoms with Crippen LogP contribution in [0.2, 0.25) is 0 Å². The van der Waals surface area contributed by atoms with Crippen LogP contribution < -0.4 is 4.90 Å². The largest absolute Gasteiger partial charge is 0.276 e. The first-order valence-electron chi connectivity index (χ1n) is 4.63. The van der Waals surface area contributed by atoms with Crippen LogP contribution in [0.4, 0.5) is 5.69 Å². The highest BCUT2D eigenvalue weighted by atomic mass is 15.2. The lowest BCUT2D eigenvalue weighted by molar-refractivity contribution is 0.664. The van der Waals surface area contributed by atoms with Crippen LogP contribution in [0.3, 0.4) is 0 Å². The van der Waals surface area contributed by atoms with Crippen molar-refractivity contribution in [2.24, 2.45) is 0 Å². The van der Waals surface area contributed by atoms with E-state index in [0.29, 0.717) is 6.04 Å². The van der Waals surface area contributed by atoms with Crippen molar-refractivity contribution in [2.75, 3.05) is 4.90 Å². The van der Waals surface area contributed by atoms with Gasteiger partial charge < -0.3 is 0 Å². The van der Waals surface area contributed by atoms with Gasteiger partial charge in [-0.1, -0.05) is 25.1 Å². The minimum atomic E-state index is 0.377. The molecule has 1 atom stereocenters. The maximum Gasteiger partial charge on any atom is 0.184 e. The Hall–Kier alpha value is -1.49. The van der Waals surface area contributed by atoms with Gasteiger partial charge in [0, 0.05) is 6.04 Å². The minimum absolute atomic E-state index is 0.377. The van der Waals surface area contributed by atoms with Crippen molar-refractivity contribution >= 4 is 5.69 Å². The number of fused-ring (bicyclic) bond motifs is 1. The third-order valence-electron chi connectivity index (χ3n) is 2.65. The molecule has 0 spiro atoms. The van der Waals surface area contributed by atoms with Gasteiger partial charge in [-0.15, -0.1) is 0 Å². The van der Waals surface area contributed by atoms with E-state index < -0.39 is 0 Å². The number of nitriles is 1. The zero-order chi connectivity index (χ0) is 9.26. The van der Waals surface area contributed by atoms with Crippen molar-refractivity contribution in [3.63, 3.8) is 0 Å². The zero-order valence-corrected chi connectivity index (χ0v) is 7.70. The zero-order valence-electron chi connectivity index (χ0n) is 7.70. The Morgan fingerprint density at radius 2 is 2.31 bits per heavy atom. The summed E-state index contributed by atoms with van der Waals surface area (Å²) >= 11 is 0. The van der Waals surface area contributed by atoms with Crippen LogP contribution in [0.5, 0.6) is 0 Å². The Morgan fingerprint density at radius 3 is 3.00 bits per heavy atom. The Morgan fingerprint density at radius 1 is 1.54 bits per heavy atom. The highest BCUT2D eigenvalue weighted by Gasteiger charge is 2.27. The summed E-state index contributed by atoms with van der Waals surface area (Å²) in [6.45, 7) is 2.13. The summed E-state index contributed by atoms with van der Waals surface area (Å²) < 4.78 is 0. The first kappa shape index (κ1) is 8.12. The van der Waals surface area contributed by atoms with E-state index in [1.165, 1.54) is 5.56 Å². The molecular formula is C11H12N2. The molecule has 2 rings (SSSR count). The number of hydrogen-bond donors (Lipinski definition) is 0. The molecule has 0 saturated heterocycles. The molecule has 0 saturated carbocycles. The van der Waals surface area contributed by atoms with E-state index in [4.69, 9.17) is 5.26 Å². The Balaban J connectivity index is 2.41. The molecule has 0 aliphatic carbocycles. The van der Waals surface area contributed by atoms with Crippen LogP contribution >= 0.6 is 0 Å². The van der Waals surface area contributed by atoms with Crippen molar-refractivity contribution < 1.29 is 0 Å². The van der Waals surface area contributed by atoms with Crippen LogP contribution in [0.1, 0.15) is 18.9 Å². The lowest BCUT2D eigenvalue weighted by Crippen LogP contribution is -2.25. The van der Waals surface area contributed by atoms with E-state index in [1.54, 1.807) is 0 Å². The van der Waals surface area contributed by atoms with E-state index in [2.05, 4.69) is 19.2 Å². The fourth-order valence-electron chi connectivity index (χ4n) is 1.92. The van der Waals surface area contributed by atoms with Crippen molar-refractivity contribution in [2.45, 2.75) is 25.8 Å². The van der Waals surface area contributed by atoms with Crippen LogP contribution in [-0.4, -0.2) is 6.04 Å². The van der Waals surface area contributed by atoms with Gasteiger partial charge in [-0.2, -0.15) is 5.26 Å². The highest BCUT2D eigenvalue weighted by Crippen LogP contribution is 2.32. The molecule has 2 heteroatoms. The number of nitrogens with zero attached hydrogens (tertiary/aromatic N) is 2. The van der Waals surface area contributed by atoms with Gasteiger partial charge in [-0.3, -0.25) is 4.90 Å². The predicted molar refractivity (Wildman–Crippen MR) is 52.3 cm³/mol. The summed E-state index contributed by atoms with van der Waals surface area (Å²) in [4.78, 5) is 1.83. The molecule has 0 bridgehead atoms. The Bertz CT molecular complexity index is 351. The molecule has 13 heavy (non-hydrogen) atoms. The molecule has 66 valence electrons. The average Bonchev–Trinajstić information content (AvgIpc) is 2.55. The summed E-state index contributed by atoms with van der Waals surface area (Å²) in [7, 11) is 0. The van der Waals surface area contributed by atoms with Gasteiger partial charge in [-0.25, -0.2) is 0 Å². The third kappa shape index (κ3) is 1.17. The van der Waals surface area contributed by atoms with Crippen molar-refractivity contribution in [3.8, 4) is 6.19 Å². The standard InChI is InChI=1S/C11H12N2/c1-2-10-7-9-5-3-4-6-11(9)13(10)8-12/h3-6,10H,2,7H2,1H3. The maximum absolute atomic E-state index is 8.99. The van der Waals surface area contributed by atoms with Crippen molar-refractivity contribution in [3.05, 3.63) is 29.8 Å². The minimum Gasteiger partial charge on any atom is -0.276 e. The molecule has 1 aromatic carbocycles. The Labute approximate surface area is 78.4 Å². The second kappa shape index (κ2) is 3.10. The summed E-state index contributed by atoms with van der Waals surface area (Å²) in [6.07, 6.45) is 4.30. The van der Waals surface area contributed by atoms with Gasteiger partial charge >= 0.3 is 0 Å². The monoisotopic (exact) mass is 172 g/mol.